The van der Waals surface area contributed by atoms with E-state index < -0.39 is 16.1 Å². The lowest BCUT2D eigenvalue weighted by Crippen LogP contribution is -2.41. The van der Waals surface area contributed by atoms with Crippen molar-refractivity contribution >= 4 is 33.2 Å². The van der Waals surface area contributed by atoms with Gasteiger partial charge in [0.2, 0.25) is 15.9 Å². The maximum absolute atomic E-state index is 13.4. The molecule has 2 N–H and O–H groups in total. The summed E-state index contributed by atoms with van der Waals surface area (Å²) in [4.78, 5) is 24.8. The van der Waals surface area contributed by atoms with Crippen LogP contribution in [-0.4, -0.2) is 43.7 Å². The molecule has 1 atom stereocenters. The highest BCUT2D eigenvalue weighted by Gasteiger charge is 2.34. The molecular weight excluding hydrogens is 442 g/mol. The van der Waals surface area contributed by atoms with E-state index in [0.29, 0.717) is 29.8 Å². The predicted molar refractivity (Wildman–Crippen MR) is 126 cm³/mol. The second-order valence-electron chi connectivity index (χ2n) is 8.85. The maximum atomic E-state index is 13.4. The van der Waals surface area contributed by atoms with E-state index in [2.05, 4.69) is 10.6 Å². The van der Waals surface area contributed by atoms with Gasteiger partial charge < -0.3 is 15.4 Å². The van der Waals surface area contributed by atoms with Crippen LogP contribution in [0, 0.1) is 26.7 Å². The summed E-state index contributed by atoms with van der Waals surface area (Å²) >= 11 is 0. The molecule has 8 nitrogen and oxygen atoms in total. The van der Waals surface area contributed by atoms with Crippen molar-refractivity contribution in [3.63, 3.8) is 0 Å². The summed E-state index contributed by atoms with van der Waals surface area (Å²) in [7, 11) is -3.77. The predicted octanol–water partition coefficient (Wildman–Crippen LogP) is 3.37. The summed E-state index contributed by atoms with van der Waals surface area (Å²) in [6.07, 6.45) is 0.204. The average molecular weight is 472 g/mol. The number of rotatable bonds is 4. The van der Waals surface area contributed by atoms with Crippen molar-refractivity contribution < 1.29 is 22.7 Å². The van der Waals surface area contributed by atoms with Crippen LogP contribution in [0.1, 0.15) is 36.5 Å². The first kappa shape index (κ1) is 23.3. The molecule has 0 aliphatic carbocycles. The number of amides is 2. The van der Waals surface area contributed by atoms with Gasteiger partial charge in [-0.1, -0.05) is 17.7 Å². The first-order valence-corrected chi connectivity index (χ1v) is 12.5. The molecule has 0 radical (unpaired) electrons. The first-order chi connectivity index (χ1) is 15.6. The second kappa shape index (κ2) is 8.79. The highest BCUT2D eigenvalue weighted by atomic mass is 32.2. The summed E-state index contributed by atoms with van der Waals surface area (Å²) in [6, 6.07) is 8.97. The van der Waals surface area contributed by atoms with Crippen molar-refractivity contribution in [3.05, 3.63) is 47.0 Å². The Hall–Kier alpha value is -2.91. The van der Waals surface area contributed by atoms with E-state index in [4.69, 9.17) is 4.74 Å². The quantitative estimate of drug-likeness (QED) is 0.711. The normalized spacial score (nSPS) is 19.4. The van der Waals surface area contributed by atoms with Crippen molar-refractivity contribution in [2.24, 2.45) is 5.92 Å². The molecule has 9 heteroatoms. The Kier molecular flexibility index (Phi) is 6.20. The molecule has 0 saturated carbocycles. The van der Waals surface area contributed by atoms with Crippen LogP contribution in [0.4, 0.5) is 11.4 Å². The van der Waals surface area contributed by atoms with Gasteiger partial charge >= 0.3 is 0 Å². The molecule has 176 valence electrons. The number of anilines is 2. The molecule has 2 aromatic rings. The molecule has 2 aliphatic heterocycles. The summed E-state index contributed by atoms with van der Waals surface area (Å²) < 4.78 is 33.8. The number of hydrogen-bond donors (Lipinski definition) is 2. The highest BCUT2D eigenvalue weighted by Crippen LogP contribution is 2.36. The fourth-order valence-electron chi connectivity index (χ4n) is 4.31. The molecule has 4 rings (SSSR count). The molecule has 2 amide bonds. The lowest BCUT2D eigenvalue weighted by Gasteiger charge is -2.31. The van der Waals surface area contributed by atoms with Gasteiger partial charge in [0.15, 0.2) is 6.10 Å². The molecule has 2 heterocycles. The van der Waals surface area contributed by atoms with E-state index in [-0.39, 0.29) is 35.7 Å². The van der Waals surface area contributed by atoms with Crippen LogP contribution in [0.5, 0.6) is 5.75 Å². The largest absolute Gasteiger partial charge is 0.479 e. The van der Waals surface area contributed by atoms with Crippen LogP contribution >= 0.6 is 0 Å². The molecule has 0 aromatic heterocycles. The van der Waals surface area contributed by atoms with Crippen LogP contribution in [0.3, 0.4) is 0 Å². The van der Waals surface area contributed by atoms with Crippen molar-refractivity contribution in [1.82, 2.24) is 4.31 Å². The van der Waals surface area contributed by atoms with Crippen LogP contribution in [0.2, 0.25) is 0 Å². The van der Waals surface area contributed by atoms with E-state index in [1.165, 1.54) is 10.4 Å². The van der Waals surface area contributed by atoms with Gasteiger partial charge in [0.25, 0.3) is 5.91 Å². The van der Waals surface area contributed by atoms with Crippen molar-refractivity contribution in [3.8, 4) is 5.75 Å². The van der Waals surface area contributed by atoms with Crippen LogP contribution in [-0.2, 0) is 19.6 Å². The molecule has 1 fully saturated rings. The minimum atomic E-state index is -3.77. The van der Waals surface area contributed by atoms with Crippen LogP contribution in [0.25, 0.3) is 0 Å². The monoisotopic (exact) mass is 471 g/mol. The van der Waals surface area contributed by atoms with E-state index in [1.54, 1.807) is 19.9 Å². The van der Waals surface area contributed by atoms with E-state index >= 15 is 0 Å². The summed E-state index contributed by atoms with van der Waals surface area (Å²) in [5.74, 6) is -0.254. The zero-order valence-electron chi connectivity index (χ0n) is 19.3. The van der Waals surface area contributed by atoms with Gasteiger partial charge in [-0.15, -0.1) is 0 Å². The fraction of sp³-hybridized carbons (Fsp3) is 0.417. The molecule has 0 bridgehead atoms. The van der Waals surface area contributed by atoms with E-state index in [1.807, 2.05) is 32.0 Å². The van der Waals surface area contributed by atoms with Crippen LogP contribution < -0.4 is 15.4 Å². The minimum absolute atomic E-state index is 0.0814. The number of carbonyl (C=O) groups is 2. The van der Waals surface area contributed by atoms with E-state index in [9.17, 15) is 18.0 Å². The molecule has 0 spiro atoms. The Balaban J connectivity index is 1.45. The van der Waals surface area contributed by atoms with Gasteiger partial charge in [-0.2, -0.15) is 4.31 Å². The molecule has 2 aromatic carbocycles. The third-order valence-corrected chi connectivity index (χ3v) is 8.33. The van der Waals surface area contributed by atoms with Crippen molar-refractivity contribution in [2.75, 3.05) is 23.7 Å². The smallest absolute Gasteiger partial charge is 0.265 e. The average Bonchev–Trinajstić information content (AvgIpc) is 2.76. The number of carbonyl (C=O) groups excluding carboxylic acids is 2. The number of ether oxygens (including phenoxy) is 1. The molecule has 1 saturated heterocycles. The first-order valence-electron chi connectivity index (χ1n) is 11.1. The Morgan fingerprint density at radius 3 is 2.45 bits per heavy atom. The fourth-order valence-corrected chi connectivity index (χ4v) is 6.00. The number of sulfonamides is 1. The third kappa shape index (κ3) is 4.60. The zero-order valence-corrected chi connectivity index (χ0v) is 20.1. The SMILES string of the molecule is Cc1ccc(NC(=O)C2CCN(S(=O)(=O)c3cc4c(cc3C)NC(=O)[C@@H](C)O4)CC2)c(C)c1. The number of nitrogens with one attached hydrogen (secondary N) is 2. The number of fused-ring (bicyclic) bond motifs is 1. The minimum Gasteiger partial charge on any atom is -0.479 e. The third-order valence-electron chi connectivity index (χ3n) is 6.29. The van der Waals surface area contributed by atoms with Crippen molar-refractivity contribution in [1.29, 1.82) is 0 Å². The van der Waals surface area contributed by atoms with Gasteiger partial charge in [-0.05, 0) is 63.8 Å². The number of aryl methyl sites for hydroxylation is 3. The Morgan fingerprint density at radius 2 is 1.79 bits per heavy atom. The topological polar surface area (TPSA) is 105 Å². The number of nitrogens with zero attached hydrogens (tertiary/aromatic N) is 1. The summed E-state index contributed by atoms with van der Waals surface area (Å²) in [5, 5.41) is 5.72. The van der Waals surface area contributed by atoms with Gasteiger partial charge in [0.1, 0.15) is 5.75 Å². The van der Waals surface area contributed by atoms with Gasteiger partial charge in [-0.25, -0.2) is 8.42 Å². The van der Waals surface area contributed by atoms with Gasteiger partial charge in [0, 0.05) is 30.8 Å². The standard InChI is InChI=1S/C24H29N3O5S/c1-14-5-6-19(15(2)11-14)25-24(29)18-7-9-27(10-8-18)33(30,31)22-13-21-20(12-16(22)3)26-23(28)17(4)32-21/h5-6,11-13,17-18H,7-10H2,1-4H3,(H,25,29)(H,26,28)/t17-/m1/s1. The summed E-state index contributed by atoms with van der Waals surface area (Å²) in [6.45, 7) is 7.79. The van der Waals surface area contributed by atoms with Crippen LogP contribution in [0.15, 0.2) is 35.2 Å². The number of piperidine rings is 1. The molecule has 33 heavy (non-hydrogen) atoms. The second-order valence-corrected chi connectivity index (χ2v) is 10.8. The number of hydrogen-bond acceptors (Lipinski definition) is 5. The Morgan fingerprint density at radius 1 is 1.09 bits per heavy atom. The lowest BCUT2D eigenvalue weighted by atomic mass is 9.97. The molecule has 0 unspecified atom stereocenters. The maximum Gasteiger partial charge on any atom is 0.265 e. The highest BCUT2D eigenvalue weighted by molar-refractivity contribution is 7.89. The Bertz CT molecular complexity index is 1220. The molecular formula is C24H29N3O5S. The van der Waals surface area contributed by atoms with Crippen molar-refractivity contribution in [2.45, 2.75) is 51.5 Å². The zero-order chi connectivity index (χ0) is 23.9. The van der Waals surface area contributed by atoms with Gasteiger partial charge in [-0.3, -0.25) is 9.59 Å². The van der Waals surface area contributed by atoms with Gasteiger partial charge in [0.05, 0.1) is 10.6 Å². The van der Waals surface area contributed by atoms with E-state index in [0.717, 1.165) is 16.8 Å². The number of benzene rings is 2. The summed E-state index contributed by atoms with van der Waals surface area (Å²) in [5.41, 5.74) is 3.91. The Labute approximate surface area is 194 Å². The molecule has 2 aliphatic rings. The lowest BCUT2D eigenvalue weighted by molar-refractivity contribution is -0.123.